The van der Waals surface area contributed by atoms with E-state index in [0.29, 0.717) is 0 Å². The topological polar surface area (TPSA) is 55.6 Å². The molecule has 1 aromatic carbocycles. The van der Waals surface area contributed by atoms with Crippen LogP contribution in [-0.4, -0.2) is 26.6 Å². The summed E-state index contributed by atoms with van der Waals surface area (Å²) < 4.78 is 5.45. The average Bonchev–Trinajstić information content (AvgIpc) is 2.21. The zero-order chi connectivity index (χ0) is 13.2. The minimum Gasteiger partial charge on any atom is -0.494 e. The van der Waals surface area contributed by atoms with Crippen molar-refractivity contribution in [3.05, 3.63) is 22.8 Å². The number of carbonyl (C=O) groups excluding carboxylic acids is 1. The Morgan fingerprint density at radius 1 is 1.35 bits per heavy atom. The van der Waals surface area contributed by atoms with Crippen molar-refractivity contribution < 1.29 is 9.53 Å². The molecule has 0 aliphatic rings. The Morgan fingerprint density at radius 3 is 2.41 bits per heavy atom. The van der Waals surface area contributed by atoms with Crippen LogP contribution in [0.2, 0.25) is 0 Å². The van der Waals surface area contributed by atoms with Gasteiger partial charge < -0.3 is 15.4 Å². The molecule has 17 heavy (non-hydrogen) atoms. The van der Waals surface area contributed by atoms with E-state index in [0.717, 1.165) is 22.6 Å². The summed E-state index contributed by atoms with van der Waals surface area (Å²) in [5.74, 6) is 0.457. The summed E-state index contributed by atoms with van der Waals surface area (Å²) in [5, 5.41) is 0. The molecule has 0 aliphatic heterocycles. The first kappa shape index (κ1) is 13.4. The van der Waals surface area contributed by atoms with Gasteiger partial charge in [0.2, 0.25) is 5.91 Å². The predicted molar refractivity (Wildman–Crippen MR) is 69.7 cm³/mol. The molecule has 0 heterocycles. The first-order chi connectivity index (χ1) is 7.88. The quantitative estimate of drug-likeness (QED) is 0.862. The summed E-state index contributed by atoms with van der Waals surface area (Å²) in [5.41, 5.74) is 9.49. The van der Waals surface area contributed by atoms with Gasteiger partial charge in [-0.3, -0.25) is 4.79 Å². The summed E-state index contributed by atoms with van der Waals surface area (Å²) in [6.07, 6.45) is 0. The van der Waals surface area contributed by atoms with Crippen molar-refractivity contribution in [2.75, 3.05) is 25.6 Å². The Labute approximate surface area is 102 Å². The van der Waals surface area contributed by atoms with Crippen LogP contribution in [-0.2, 0) is 4.79 Å². The molecule has 0 fully saturated rings. The van der Waals surface area contributed by atoms with E-state index in [1.54, 1.807) is 7.11 Å². The fourth-order valence-electron chi connectivity index (χ4n) is 2.07. The lowest BCUT2D eigenvalue weighted by Crippen LogP contribution is -2.31. The van der Waals surface area contributed by atoms with E-state index < -0.39 is 0 Å². The number of benzene rings is 1. The molecule has 0 spiro atoms. The molecule has 0 saturated heterocycles. The van der Waals surface area contributed by atoms with Crippen molar-refractivity contribution in [1.82, 2.24) is 0 Å². The van der Waals surface area contributed by atoms with Gasteiger partial charge in [-0.05, 0) is 37.5 Å². The highest BCUT2D eigenvalue weighted by Crippen LogP contribution is 2.36. The molecular formula is C13H20N2O2. The highest BCUT2D eigenvalue weighted by atomic mass is 16.5. The van der Waals surface area contributed by atoms with E-state index in [4.69, 9.17) is 10.5 Å². The maximum absolute atomic E-state index is 11.0. The number of primary amides is 1. The number of amides is 1. The van der Waals surface area contributed by atoms with E-state index in [1.165, 1.54) is 5.56 Å². The maximum atomic E-state index is 11.0. The molecule has 1 amide bonds. The highest BCUT2D eigenvalue weighted by molar-refractivity contribution is 5.81. The van der Waals surface area contributed by atoms with Crippen LogP contribution < -0.4 is 15.4 Å². The number of carbonyl (C=O) groups is 1. The van der Waals surface area contributed by atoms with Gasteiger partial charge in [0.05, 0.1) is 19.3 Å². The number of hydrogen-bond donors (Lipinski definition) is 1. The first-order valence-corrected chi connectivity index (χ1v) is 5.52. The van der Waals surface area contributed by atoms with Gasteiger partial charge in [0.1, 0.15) is 5.75 Å². The number of aryl methyl sites for hydroxylation is 2. The van der Waals surface area contributed by atoms with Crippen LogP contribution >= 0.6 is 0 Å². The minimum absolute atomic E-state index is 0.180. The molecule has 0 radical (unpaired) electrons. The number of anilines is 1. The van der Waals surface area contributed by atoms with E-state index in [1.807, 2.05) is 32.7 Å². The number of rotatable bonds is 4. The number of ether oxygens (including phenoxy) is 1. The van der Waals surface area contributed by atoms with Crippen molar-refractivity contribution in [3.8, 4) is 5.75 Å². The summed E-state index contributed by atoms with van der Waals surface area (Å²) in [6.45, 7) is 6.24. The van der Waals surface area contributed by atoms with Gasteiger partial charge in [-0.25, -0.2) is 0 Å². The first-order valence-electron chi connectivity index (χ1n) is 5.52. The average molecular weight is 236 g/mol. The van der Waals surface area contributed by atoms with Crippen molar-refractivity contribution in [2.24, 2.45) is 5.73 Å². The molecule has 0 aliphatic carbocycles. The van der Waals surface area contributed by atoms with Crippen LogP contribution in [0.3, 0.4) is 0 Å². The second kappa shape index (κ2) is 5.08. The fraction of sp³-hybridized carbons (Fsp3) is 0.462. The number of likely N-dealkylation sites (N-methyl/N-ethyl adjacent to an activating group) is 1. The lowest BCUT2D eigenvalue weighted by molar-refractivity contribution is -0.116. The second-order valence-electron chi connectivity index (χ2n) is 4.34. The Morgan fingerprint density at radius 2 is 1.94 bits per heavy atom. The van der Waals surface area contributed by atoms with Gasteiger partial charge in [0.25, 0.3) is 0 Å². The third-order valence-corrected chi connectivity index (χ3v) is 2.93. The SMILES string of the molecule is COc1c(C)c(C)cc(C)c1N(C)CC(N)=O. The third-order valence-electron chi connectivity index (χ3n) is 2.93. The van der Waals surface area contributed by atoms with Gasteiger partial charge in [-0.2, -0.15) is 0 Å². The largest absolute Gasteiger partial charge is 0.494 e. The van der Waals surface area contributed by atoms with Gasteiger partial charge in [0.15, 0.2) is 0 Å². The fourth-order valence-corrected chi connectivity index (χ4v) is 2.07. The summed E-state index contributed by atoms with van der Waals surface area (Å²) in [4.78, 5) is 12.8. The second-order valence-corrected chi connectivity index (χ2v) is 4.34. The van der Waals surface area contributed by atoms with E-state index >= 15 is 0 Å². The molecule has 0 unspecified atom stereocenters. The smallest absolute Gasteiger partial charge is 0.236 e. The van der Waals surface area contributed by atoms with Crippen molar-refractivity contribution in [3.63, 3.8) is 0 Å². The molecular weight excluding hydrogens is 216 g/mol. The van der Waals surface area contributed by atoms with Crippen molar-refractivity contribution in [1.29, 1.82) is 0 Å². The van der Waals surface area contributed by atoms with Gasteiger partial charge >= 0.3 is 0 Å². The van der Waals surface area contributed by atoms with Crippen LogP contribution in [0.1, 0.15) is 16.7 Å². The Kier molecular flexibility index (Phi) is 3.99. The number of hydrogen-bond acceptors (Lipinski definition) is 3. The normalized spacial score (nSPS) is 10.2. The van der Waals surface area contributed by atoms with Crippen LogP contribution in [0.15, 0.2) is 6.07 Å². The Hall–Kier alpha value is -1.71. The molecule has 2 N–H and O–H groups in total. The predicted octanol–water partition coefficient (Wildman–Crippen LogP) is 1.54. The number of nitrogens with zero attached hydrogens (tertiary/aromatic N) is 1. The Bertz CT molecular complexity index is 442. The molecule has 0 aromatic heterocycles. The van der Waals surface area contributed by atoms with Gasteiger partial charge in [-0.1, -0.05) is 6.07 Å². The highest BCUT2D eigenvalue weighted by Gasteiger charge is 2.16. The zero-order valence-corrected chi connectivity index (χ0v) is 11.1. The van der Waals surface area contributed by atoms with Gasteiger partial charge in [-0.15, -0.1) is 0 Å². The lowest BCUT2D eigenvalue weighted by Gasteiger charge is -2.24. The molecule has 4 heteroatoms. The van der Waals surface area contributed by atoms with E-state index in [2.05, 4.69) is 6.07 Å². The standard InChI is InChI=1S/C13H20N2O2/c1-8-6-9(2)12(13(17-5)10(8)3)15(4)7-11(14)16/h6H,7H2,1-5H3,(H2,14,16). The van der Waals surface area contributed by atoms with Crippen LogP contribution in [0.4, 0.5) is 5.69 Å². The number of nitrogens with two attached hydrogens (primary N) is 1. The van der Waals surface area contributed by atoms with E-state index in [-0.39, 0.29) is 12.5 Å². The summed E-state index contributed by atoms with van der Waals surface area (Å²) in [7, 11) is 3.48. The molecule has 94 valence electrons. The molecule has 1 aromatic rings. The van der Waals surface area contributed by atoms with Gasteiger partial charge in [0, 0.05) is 7.05 Å². The Balaban J connectivity index is 3.31. The molecule has 0 atom stereocenters. The molecule has 4 nitrogen and oxygen atoms in total. The number of methoxy groups -OCH3 is 1. The summed E-state index contributed by atoms with van der Waals surface area (Å²) >= 11 is 0. The molecule has 1 rings (SSSR count). The maximum Gasteiger partial charge on any atom is 0.236 e. The summed E-state index contributed by atoms with van der Waals surface area (Å²) in [6, 6.07) is 2.09. The third kappa shape index (κ3) is 2.70. The van der Waals surface area contributed by atoms with Crippen LogP contribution in [0.5, 0.6) is 5.75 Å². The van der Waals surface area contributed by atoms with Crippen molar-refractivity contribution in [2.45, 2.75) is 20.8 Å². The minimum atomic E-state index is -0.354. The van der Waals surface area contributed by atoms with Crippen molar-refractivity contribution >= 4 is 11.6 Å². The lowest BCUT2D eigenvalue weighted by atomic mass is 10.0. The van der Waals surface area contributed by atoms with Crippen LogP contribution in [0, 0.1) is 20.8 Å². The zero-order valence-electron chi connectivity index (χ0n) is 11.1. The molecule has 0 saturated carbocycles. The van der Waals surface area contributed by atoms with E-state index in [9.17, 15) is 4.79 Å². The molecule has 0 bridgehead atoms. The van der Waals surface area contributed by atoms with Crippen LogP contribution in [0.25, 0.3) is 0 Å². The monoisotopic (exact) mass is 236 g/mol.